The summed E-state index contributed by atoms with van der Waals surface area (Å²) in [6.45, 7) is 6.42. The summed E-state index contributed by atoms with van der Waals surface area (Å²) in [5.74, 6) is 0.641. The van der Waals surface area contributed by atoms with Gasteiger partial charge in [-0.3, -0.25) is 4.79 Å². The van der Waals surface area contributed by atoms with Gasteiger partial charge in [-0.1, -0.05) is 30.4 Å². The maximum Gasteiger partial charge on any atom is 0.330 e. The molecule has 0 aromatic rings. The summed E-state index contributed by atoms with van der Waals surface area (Å²) < 4.78 is 10.7. The maximum absolute atomic E-state index is 12.5. The van der Waals surface area contributed by atoms with E-state index < -0.39 is 0 Å². The lowest BCUT2D eigenvalue weighted by molar-refractivity contribution is -0.137. The number of likely N-dealkylation sites (tertiary alicyclic amines) is 1. The largest absolute Gasteiger partial charge is 0.463 e. The standard InChI is InChI=1S/C23H36N2O4/c1-2-28-23(27)10-6-4-3-5-7-18-29-21-9-8-17-25(19-21)22(26)12-11-20-13-15-24-16-14-20/h3-7,10,20-21,24H,2,8-9,11-19H2,1H3/b4-3+,7-5+,10-6+/t21-/m1/s1. The number of nitrogens with one attached hydrogen (secondary N) is 1. The third-order valence-corrected chi connectivity index (χ3v) is 5.37. The first-order valence-electron chi connectivity index (χ1n) is 11.0. The van der Waals surface area contributed by atoms with Crippen LogP contribution in [0.15, 0.2) is 36.5 Å². The molecule has 6 heteroatoms. The van der Waals surface area contributed by atoms with E-state index in [1.165, 1.54) is 18.9 Å². The van der Waals surface area contributed by atoms with E-state index in [0.29, 0.717) is 32.1 Å². The van der Waals surface area contributed by atoms with E-state index in [9.17, 15) is 9.59 Å². The average Bonchev–Trinajstić information content (AvgIpc) is 2.75. The van der Waals surface area contributed by atoms with Crippen LogP contribution in [0.5, 0.6) is 0 Å². The highest BCUT2D eigenvalue weighted by Crippen LogP contribution is 2.20. The molecule has 29 heavy (non-hydrogen) atoms. The van der Waals surface area contributed by atoms with Gasteiger partial charge < -0.3 is 19.7 Å². The molecular weight excluding hydrogens is 368 g/mol. The molecule has 6 nitrogen and oxygen atoms in total. The van der Waals surface area contributed by atoms with Crippen LogP contribution < -0.4 is 5.32 Å². The zero-order valence-electron chi connectivity index (χ0n) is 17.7. The van der Waals surface area contributed by atoms with Crippen LogP contribution in [0.1, 0.15) is 45.4 Å². The van der Waals surface area contributed by atoms with Crippen LogP contribution in [0.3, 0.4) is 0 Å². The van der Waals surface area contributed by atoms with Crippen molar-refractivity contribution in [3.8, 4) is 0 Å². The van der Waals surface area contributed by atoms with Crippen molar-refractivity contribution in [1.82, 2.24) is 10.2 Å². The Hall–Kier alpha value is -1.92. The minimum atomic E-state index is -0.336. The summed E-state index contributed by atoms with van der Waals surface area (Å²) in [4.78, 5) is 25.7. The normalized spacial score (nSPS) is 21.4. The maximum atomic E-state index is 12.5. The Morgan fingerprint density at radius 2 is 1.90 bits per heavy atom. The Kier molecular flexibility index (Phi) is 11.4. The fraction of sp³-hybridized carbons (Fsp3) is 0.652. The SMILES string of the molecule is CCOC(=O)/C=C/C=C/C=C/CO[C@@H]1CCCN(C(=O)CCC2CCNCC2)C1. The molecule has 2 aliphatic heterocycles. The fourth-order valence-electron chi connectivity index (χ4n) is 3.74. The van der Waals surface area contributed by atoms with Crippen molar-refractivity contribution < 1.29 is 19.1 Å². The summed E-state index contributed by atoms with van der Waals surface area (Å²) in [5.41, 5.74) is 0. The number of amides is 1. The molecule has 162 valence electrons. The molecule has 0 aromatic heterocycles. The van der Waals surface area contributed by atoms with E-state index in [-0.39, 0.29) is 18.0 Å². The first-order valence-corrected chi connectivity index (χ1v) is 11.0. The number of esters is 1. The first kappa shape index (κ1) is 23.4. The Labute approximate surface area is 175 Å². The van der Waals surface area contributed by atoms with Gasteiger partial charge >= 0.3 is 5.97 Å². The van der Waals surface area contributed by atoms with E-state index in [1.807, 2.05) is 23.1 Å². The van der Waals surface area contributed by atoms with E-state index in [4.69, 9.17) is 9.47 Å². The minimum Gasteiger partial charge on any atom is -0.463 e. The number of nitrogens with zero attached hydrogens (tertiary/aromatic N) is 1. The second-order valence-electron chi connectivity index (χ2n) is 7.59. The van der Waals surface area contributed by atoms with Gasteiger partial charge in [0.25, 0.3) is 0 Å². The highest BCUT2D eigenvalue weighted by molar-refractivity contribution is 5.82. The number of rotatable bonds is 10. The van der Waals surface area contributed by atoms with Gasteiger partial charge in [0, 0.05) is 25.6 Å². The van der Waals surface area contributed by atoms with Crippen LogP contribution in [-0.4, -0.2) is 62.3 Å². The lowest BCUT2D eigenvalue weighted by Crippen LogP contribution is -2.43. The van der Waals surface area contributed by atoms with E-state index in [2.05, 4.69) is 5.32 Å². The molecular formula is C23H36N2O4. The molecule has 0 aromatic carbocycles. The van der Waals surface area contributed by atoms with Crippen LogP contribution in [0, 0.1) is 5.92 Å². The quantitative estimate of drug-likeness (QED) is 0.344. The van der Waals surface area contributed by atoms with E-state index >= 15 is 0 Å². The molecule has 0 unspecified atom stereocenters. The van der Waals surface area contributed by atoms with Crippen molar-refractivity contribution in [1.29, 1.82) is 0 Å². The third-order valence-electron chi connectivity index (χ3n) is 5.37. The van der Waals surface area contributed by atoms with Crippen LogP contribution in [0.2, 0.25) is 0 Å². The van der Waals surface area contributed by atoms with Crippen molar-refractivity contribution in [2.24, 2.45) is 5.92 Å². The second-order valence-corrected chi connectivity index (χ2v) is 7.59. The van der Waals surface area contributed by atoms with Gasteiger partial charge in [-0.2, -0.15) is 0 Å². The highest BCUT2D eigenvalue weighted by Gasteiger charge is 2.24. The van der Waals surface area contributed by atoms with Crippen LogP contribution in [0.25, 0.3) is 0 Å². The van der Waals surface area contributed by atoms with Gasteiger partial charge in [-0.25, -0.2) is 4.79 Å². The minimum absolute atomic E-state index is 0.115. The Morgan fingerprint density at radius 3 is 2.69 bits per heavy atom. The molecule has 2 fully saturated rings. The highest BCUT2D eigenvalue weighted by atomic mass is 16.5. The molecule has 2 rings (SSSR count). The molecule has 0 radical (unpaired) electrons. The molecule has 2 aliphatic rings. The number of piperidine rings is 2. The molecule has 2 saturated heterocycles. The Morgan fingerprint density at radius 1 is 1.10 bits per heavy atom. The van der Waals surface area contributed by atoms with Gasteiger partial charge in [0.15, 0.2) is 0 Å². The smallest absolute Gasteiger partial charge is 0.330 e. The summed E-state index contributed by atoms with van der Waals surface area (Å²) in [5, 5.41) is 3.38. The van der Waals surface area contributed by atoms with Crippen LogP contribution in [0.4, 0.5) is 0 Å². The lowest BCUT2D eigenvalue weighted by atomic mass is 9.93. The third kappa shape index (κ3) is 9.90. The predicted octanol–water partition coefficient (Wildman–Crippen LogP) is 3.01. The summed E-state index contributed by atoms with van der Waals surface area (Å²) in [7, 11) is 0. The second kappa shape index (κ2) is 14.1. The zero-order valence-corrected chi connectivity index (χ0v) is 17.7. The van der Waals surface area contributed by atoms with Crippen molar-refractivity contribution in [3.63, 3.8) is 0 Å². The number of carbonyl (C=O) groups excluding carboxylic acids is 2. The van der Waals surface area contributed by atoms with Crippen LogP contribution in [-0.2, 0) is 19.1 Å². The first-order chi connectivity index (χ1) is 14.2. The molecule has 0 spiro atoms. The fourth-order valence-corrected chi connectivity index (χ4v) is 3.74. The van der Waals surface area contributed by atoms with Gasteiger partial charge in [0.2, 0.25) is 5.91 Å². The Bertz CT molecular complexity index is 579. The van der Waals surface area contributed by atoms with Gasteiger partial charge in [-0.15, -0.1) is 0 Å². The molecule has 0 saturated carbocycles. The van der Waals surface area contributed by atoms with Gasteiger partial charge in [0.05, 0.1) is 19.3 Å². The van der Waals surface area contributed by atoms with E-state index in [0.717, 1.165) is 38.9 Å². The number of hydrogen-bond donors (Lipinski definition) is 1. The molecule has 2 heterocycles. The Balaban J connectivity index is 1.60. The summed E-state index contributed by atoms with van der Waals surface area (Å²) >= 11 is 0. The zero-order chi connectivity index (χ0) is 20.7. The number of allylic oxidation sites excluding steroid dienone is 4. The number of carbonyl (C=O) groups is 2. The average molecular weight is 405 g/mol. The summed E-state index contributed by atoms with van der Waals surface area (Å²) in [6, 6.07) is 0. The molecule has 1 atom stereocenters. The van der Waals surface area contributed by atoms with Crippen molar-refractivity contribution in [2.75, 3.05) is 39.4 Å². The molecule has 1 amide bonds. The number of ether oxygens (including phenoxy) is 2. The van der Waals surface area contributed by atoms with Gasteiger partial charge in [0.1, 0.15) is 0 Å². The summed E-state index contributed by atoms with van der Waals surface area (Å²) in [6.07, 6.45) is 16.7. The van der Waals surface area contributed by atoms with Crippen molar-refractivity contribution in [3.05, 3.63) is 36.5 Å². The molecule has 0 aliphatic carbocycles. The van der Waals surface area contributed by atoms with Crippen molar-refractivity contribution >= 4 is 11.9 Å². The van der Waals surface area contributed by atoms with Crippen molar-refractivity contribution in [2.45, 2.75) is 51.6 Å². The predicted molar refractivity (Wildman–Crippen MR) is 114 cm³/mol. The van der Waals surface area contributed by atoms with Gasteiger partial charge in [-0.05, 0) is 58.0 Å². The number of hydrogen-bond acceptors (Lipinski definition) is 5. The lowest BCUT2D eigenvalue weighted by Gasteiger charge is -2.33. The monoisotopic (exact) mass is 404 g/mol. The van der Waals surface area contributed by atoms with E-state index in [1.54, 1.807) is 19.1 Å². The topological polar surface area (TPSA) is 67.9 Å². The molecule has 1 N–H and O–H groups in total. The van der Waals surface area contributed by atoms with Crippen LogP contribution >= 0.6 is 0 Å². The molecule has 0 bridgehead atoms.